The van der Waals surface area contributed by atoms with Crippen LogP contribution in [0.15, 0.2) is 22.7 Å². The number of nitrogens with one attached hydrogen (secondary N) is 1. The van der Waals surface area contributed by atoms with E-state index in [1.807, 2.05) is 4.90 Å². The van der Waals surface area contributed by atoms with Crippen LogP contribution in [0.5, 0.6) is 0 Å². The molecule has 0 aliphatic carbocycles. The van der Waals surface area contributed by atoms with Gasteiger partial charge in [-0.1, -0.05) is 5.16 Å². The number of anilines is 2. The number of nitrogens with zero attached hydrogens (tertiary/aromatic N) is 7. The Hall–Kier alpha value is -3.71. The lowest BCUT2D eigenvalue weighted by Gasteiger charge is -2.33. The van der Waals surface area contributed by atoms with Crippen LogP contribution in [-0.2, 0) is 15.8 Å². The van der Waals surface area contributed by atoms with E-state index in [0.29, 0.717) is 42.0 Å². The monoisotopic (exact) mass is 466 g/mol. The first kappa shape index (κ1) is 22.5. The summed E-state index contributed by atoms with van der Waals surface area (Å²) in [6.07, 6.45) is -3.73. The van der Waals surface area contributed by atoms with E-state index in [1.54, 1.807) is 26.1 Å². The molecule has 0 bridgehead atoms. The van der Waals surface area contributed by atoms with Crippen LogP contribution in [0.2, 0.25) is 0 Å². The fourth-order valence-electron chi connectivity index (χ4n) is 3.69. The minimum Gasteiger partial charge on any atom is -0.360 e. The second kappa shape index (κ2) is 8.67. The van der Waals surface area contributed by atoms with E-state index < -0.39 is 17.9 Å². The van der Waals surface area contributed by atoms with E-state index in [0.717, 1.165) is 0 Å². The van der Waals surface area contributed by atoms with Gasteiger partial charge < -0.3 is 19.6 Å². The topological polar surface area (TPSA) is 122 Å². The SMILES string of the molecule is Cc1cc(NC(=O)CN(C)C(=O)C2CCN(c3ccc4nnc(C(F)(F)F)n4n3)CC2)no1. The number of halogens is 3. The predicted octanol–water partition coefficient (Wildman–Crippen LogP) is 1.75. The summed E-state index contributed by atoms with van der Waals surface area (Å²) in [5, 5.41) is 17.0. The molecule has 1 saturated heterocycles. The lowest BCUT2D eigenvalue weighted by atomic mass is 9.95. The van der Waals surface area contributed by atoms with Gasteiger partial charge in [0, 0.05) is 32.1 Å². The molecule has 4 rings (SSSR count). The zero-order chi connectivity index (χ0) is 23.8. The first-order valence-corrected chi connectivity index (χ1v) is 10.1. The normalized spacial score (nSPS) is 15.1. The summed E-state index contributed by atoms with van der Waals surface area (Å²) in [6.45, 7) is 2.41. The summed E-state index contributed by atoms with van der Waals surface area (Å²) in [5.74, 6) is -0.907. The number of carbonyl (C=O) groups is 2. The molecule has 2 amide bonds. The fourth-order valence-corrected chi connectivity index (χ4v) is 3.69. The number of alkyl halides is 3. The number of aromatic nitrogens is 5. The molecule has 4 heterocycles. The van der Waals surface area contributed by atoms with Crippen LogP contribution in [0.3, 0.4) is 0 Å². The van der Waals surface area contributed by atoms with Gasteiger partial charge in [0.05, 0.1) is 6.54 Å². The highest BCUT2D eigenvalue weighted by Gasteiger charge is 2.38. The Morgan fingerprint density at radius 2 is 1.97 bits per heavy atom. The highest BCUT2D eigenvalue weighted by Crippen LogP contribution is 2.29. The van der Waals surface area contributed by atoms with Crippen molar-refractivity contribution in [3.63, 3.8) is 0 Å². The first-order chi connectivity index (χ1) is 15.6. The summed E-state index contributed by atoms with van der Waals surface area (Å²) in [7, 11) is 1.54. The van der Waals surface area contributed by atoms with Crippen molar-refractivity contribution >= 4 is 29.1 Å². The molecule has 1 aliphatic rings. The lowest BCUT2D eigenvalue weighted by molar-refractivity contribution is -0.146. The summed E-state index contributed by atoms with van der Waals surface area (Å²) < 4.78 is 44.9. The van der Waals surface area contributed by atoms with Gasteiger partial charge in [-0.2, -0.15) is 17.7 Å². The molecule has 1 aliphatic heterocycles. The number of hydrogen-bond acceptors (Lipinski definition) is 8. The maximum absolute atomic E-state index is 13.1. The second-order valence-electron chi connectivity index (χ2n) is 7.81. The third kappa shape index (κ3) is 4.88. The first-order valence-electron chi connectivity index (χ1n) is 10.1. The Kier molecular flexibility index (Phi) is 5.91. The minimum atomic E-state index is -4.67. The summed E-state index contributed by atoms with van der Waals surface area (Å²) in [6, 6.07) is 4.57. The van der Waals surface area contributed by atoms with Gasteiger partial charge in [0.15, 0.2) is 11.5 Å². The maximum atomic E-state index is 13.1. The minimum absolute atomic E-state index is 0.00294. The van der Waals surface area contributed by atoms with Gasteiger partial charge in [0.2, 0.25) is 11.8 Å². The maximum Gasteiger partial charge on any atom is 0.453 e. The molecule has 3 aromatic heterocycles. The van der Waals surface area contributed by atoms with Gasteiger partial charge in [0.25, 0.3) is 5.82 Å². The lowest BCUT2D eigenvalue weighted by Crippen LogP contribution is -2.43. The number of likely N-dealkylation sites (N-methyl/N-ethyl adjacent to an activating group) is 1. The summed E-state index contributed by atoms with van der Waals surface area (Å²) >= 11 is 0. The molecule has 0 spiro atoms. The van der Waals surface area contributed by atoms with Crippen LogP contribution in [0, 0.1) is 12.8 Å². The van der Waals surface area contributed by atoms with Gasteiger partial charge >= 0.3 is 6.18 Å². The Bertz CT molecular complexity index is 1170. The van der Waals surface area contributed by atoms with Crippen molar-refractivity contribution in [3.05, 3.63) is 29.8 Å². The molecule has 14 heteroatoms. The molecule has 0 aromatic carbocycles. The van der Waals surface area contributed by atoms with Crippen molar-refractivity contribution in [3.8, 4) is 0 Å². The van der Waals surface area contributed by atoms with Crippen molar-refractivity contribution in [1.82, 2.24) is 29.9 Å². The Morgan fingerprint density at radius 1 is 1.24 bits per heavy atom. The molecule has 0 saturated carbocycles. The fraction of sp³-hybridized carbons (Fsp3) is 0.474. The highest BCUT2D eigenvalue weighted by atomic mass is 19.4. The smallest absolute Gasteiger partial charge is 0.360 e. The van der Waals surface area contributed by atoms with Gasteiger partial charge in [0.1, 0.15) is 11.6 Å². The Balaban J connectivity index is 1.34. The van der Waals surface area contributed by atoms with Crippen LogP contribution in [0.25, 0.3) is 5.65 Å². The van der Waals surface area contributed by atoms with Crippen LogP contribution in [-0.4, -0.2) is 68.4 Å². The molecule has 0 atom stereocenters. The number of rotatable bonds is 5. The summed E-state index contributed by atoms with van der Waals surface area (Å²) in [4.78, 5) is 28.1. The van der Waals surface area contributed by atoms with Crippen molar-refractivity contribution in [2.75, 3.05) is 36.9 Å². The highest BCUT2D eigenvalue weighted by molar-refractivity contribution is 5.94. The molecule has 0 unspecified atom stereocenters. The molecule has 3 aromatic rings. The molecule has 1 fully saturated rings. The zero-order valence-electron chi connectivity index (χ0n) is 17.8. The molecular formula is C19H21F3N8O3. The molecule has 1 N–H and O–H groups in total. The van der Waals surface area contributed by atoms with Gasteiger partial charge in [-0.05, 0) is 31.9 Å². The van der Waals surface area contributed by atoms with Crippen molar-refractivity contribution < 1.29 is 27.3 Å². The number of amides is 2. The van der Waals surface area contributed by atoms with Gasteiger partial charge in [-0.25, -0.2) is 0 Å². The van der Waals surface area contributed by atoms with E-state index in [1.165, 1.54) is 11.0 Å². The number of piperidine rings is 1. The largest absolute Gasteiger partial charge is 0.453 e. The molecule has 0 radical (unpaired) electrons. The van der Waals surface area contributed by atoms with E-state index >= 15 is 0 Å². The van der Waals surface area contributed by atoms with E-state index in [9.17, 15) is 22.8 Å². The third-order valence-electron chi connectivity index (χ3n) is 5.32. The standard InChI is InChI=1S/C19H21F3N8O3/c1-11-9-13(27-33-11)23-16(31)10-28(2)17(32)12-5-7-29(8-6-12)15-4-3-14-24-25-18(19(20,21)22)30(14)26-15/h3-4,9,12H,5-8,10H2,1-2H3,(H,23,27,31). The van der Waals surface area contributed by atoms with Crippen molar-refractivity contribution in [2.24, 2.45) is 5.92 Å². The zero-order valence-corrected chi connectivity index (χ0v) is 17.8. The van der Waals surface area contributed by atoms with Gasteiger partial charge in [-0.15, -0.1) is 15.3 Å². The van der Waals surface area contributed by atoms with Crippen LogP contribution >= 0.6 is 0 Å². The molecular weight excluding hydrogens is 445 g/mol. The molecule has 176 valence electrons. The summed E-state index contributed by atoms with van der Waals surface area (Å²) in [5.41, 5.74) is -0.00294. The third-order valence-corrected chi connectivity index (χ3v) is 5.32. The second-order valence-corrected chi connectivity index (χ2v) is 7.81. The molecule has 33 heavy (non-hydrogen) atoms. The average molecular weight is 466 g/mol. The predicted molar refractivity (Wildman–Crippen MR) is 108 cm³/mol. The number of aryl methyl sites for hydroxylation is 1. The average Bonchev–Trinajstić information content (AvgIpc) is 3.38. The Morgan fingerprint density at radius 3 is 2.61 bits per heavy atom. The number of hydrogen-bond donors (Lipinski definition) is 1. The Labute approximate surface area is 185 Å². The van der Waals surface area contributed by atoms with Gasteiger partial charge in [-0.3, -0.25) is 9.59 Å². The van der Waals surface area contributed by atoms with Crippen LogP contribution < -0.4 is 10.2 Å². The number of carbonyl (C=O) groups excluding carboxylic acids is 2. The van der Waals surface area contributed by atoms with Crippen molar-refractivity contribution in [1.29, 1.82) is 0 Å². The van der Waals surface area contributed by atoms with E-state index in [4.69, 9.17) is 4.52 Å². The van der Waals surface area contributed by atoms with E-state index in [-0.39, 0.29) is 29.8 Å². The van der Waals surface area contributed by atoms with E-state index in [2.05, 4.69) is 25.8 Å². The quantitative estimate of drug-likeness (QED) is 0.604. The molecule has 11 nitrogen and oxygen atoms in total. The van der Waals surface area contributed by atoms with Crippen LogP contribution in [0.1, 0.15) is 24.4 Å². The van der Waals surface area contributed by atoms with Crippen molar-refractivity contribution in [2.45, 2.75) is 25.9 Å². The van der Waals surface area contributed by atoms with Crippen LogP contribution in [0.4, 0.5) is 24.8 Å². The number of fused-ring (bicyclic) bond motifs is 1.